The molecule has 5 heterocycles. The molecule has 5 atom stereocenters. The molecule has 2 aliphatic heterocycles. The number of para-hydroxylation sites is 1. The highest BCUT2D eigenvalue weighted by atomic mass is 32.2. The van der Waals surface area contributed by atoms with E-state index in [0.29, 0.717) is 66.0 Å². The van der Waals surface area contributed by atoms with Crippen molar-refractivity contribution in [2.75, 3.05) is 6.54 Å². The van der Waals surface area contributed by atoms with Crippen LogP contribution in [0.15, 0.2) is 69.7 Å². The maximum absolute atomic E-state index is 14.4. The summed E-state index contributed by atoms with van der Waals surface area (Å²) in [6.07, 6.45) is 9.22. The number of aromatic nitrogens is 1. The summed E-state index contributed by atoms with van der Waals surface area (Å²) in [7, 11) is -3.89. The van der Waals surface area contributed by atoms with Gasteiger partial charge in [-0.15, -0.1) is 0 Å². The Kier molecular flexibility index (Phi) is 8.99. The Bertz CT molecular complexity index is 2230. The lowest BCUT2D eigenvalue weighted by Crippen LogP contribution is -2.58. The lowest BCUT2D eigenvalue weighted by Gasteiger charge is -2.29. The van der Waals surface area contributed by atoms with Crippen LogP contribution in [0.1, 0.15) is 64.7 Å². The first kappa shape index (κ1) is 34.9. The second-order valence-corrected chi connectivity index (χ2v) is 16.5. The molecule has 4 aromatic rings. The Morgan fingerprint density at radius 3 is 2.68 bits per heavy atom. The number of rotatable bonds is 7. The maximum atomic E-state index is 14.4. The van der Waals surface area contributed by atoms with Gasteiger partial charge in [-0.25, -0.2) is 13.4 Å². The van der Waals surface area contributed by atoms with Gasteiger partial charge in [-0.05, 0) is 62.8 Å². The zero-order chi connectivity index (χ0) is 36.9. The summed E-state index contributed by atoms with van der Waals surface area (Å²) in [6.45, 7) is 1.34. The van der Waals surface area contributed by atoms with Gasteiger partial charge in [0, 0.05) is 30.7 Å². The average Bonchev–Trinajstić information content (AvgIpc) is 3.92. The topological polar surface area (TPSA) is 190 Å². The molecule has 53 heavy (non-hydrogen) atoms. The van der Waals surface area contributed by atoms with Crippen LogP contribution in [0.5, 0.6) is 5.75 Å². The fraction of sp³-hybridized carbons (Fsp3) is 0.447. The van der Waals surface area contributed by atoms with Crippen LogP contribution in [0.4, 0.5) is 0 Å². The Morgan fingerprint density at radius 2 is 1.91 bits per heavy atom. The molecular weight excluding hydrogens is 703 g/mol. The SMILES string of the molecule is CC(=O)N[C@H]1CCCCC/C=C\[C@@H]2C[C@@]2(C(=O)NS(=O)(=O)C2CC2)NC(=O)[C@@H]2C[C@@H](Oc3cc(-c4ccco4)nc4c3oc3ccccc34)CN2C1=O. The predicted molar refractivity (Wildman–Crippen MR) is 193 cm³/mol. The summed E-state index contributed by atoms with van der Waals surface area (Å²) in [5.41, 5.74) is 0.544. The second kappa shape index (κ2) is 13.7. The number of furan rings is 2. The molecule has 2 aliphatic carbocycles. The molecule has 1 aromatic carbocycles. The first-order valence-electron chi connectivity index (χ1n) is 18.2. The molecule has 0 spiro atoms. The fourth-order valence-corrected chi connectivity index (χ4v) is 8.93. The minimum atomic E-state index is -3.89. The number of ether oxygens (including phenoxy) is 1. The van der Waals surface area contributed by atoms with Crippen molar-refractivity contribution in [1.82, 2.24) is 25.2 Å². The molecule has 2 saturated carbocycles. The van der Waals surface area contributed by atoms with Crippen LogP contribution in [0.3, 0.4) is 0 Å². The molecule has 4 aliphatic rings. The molecule has 0 bridgehead atoms. The highest BCUT2D eigenvalue weighted by Gasteiger charge is 2.62. The summed E-state index contributed by atoms with van der Waals surface area (Å²) < 4.78 is 46.3. The van der Waals surface area contributed by atoms with Crippen LogP contribution in [-0.2, 0) is 29.2 Å². The third-order valence-corrected chi connectivity index (χ3v) is 12.4. The zero-order valence-corrected chi connectivity index (χ0v) is 30.0. The first-order valence-corrected chi connectivity index (χ1v) is 19.7. The van der Waals surface area contributed by atoms with E-state index in [4.69, 9.17) is 18.6 Å². The van der Waals surface area contributed by atoms with Gasteiger partial charge in [0.05, 0.1) is 18.1 Å². The molecule has 3 fully saturated rings. The Balaban J connectivity index is 1.14. The van der Waals surface area contributed by atoms with E-state index in [1.165, 1.54) is 11.8 Å². The van der Waals surface area contributed by atoms with Gasteiger partial charge >= 0.3 is 0 Å². The number of nitrogens with zero attached hydrogens (tertiary/aromatic N) is 2. The molecule has 8 rings (SSSR count). The van der Waals surface area contributed by atoms with Gasteiger partial charge in [0.2, 0.25) is 27.7 Å². The van der Waals surface area contributed by atoms with Gasteiger partial charge < -0.3 is 29.1 Å². The number of fused-ring (bicyclic) bond motifs is 5. The van der Waals surface area contributed by atoms with Crippen LogP contribution in [0, 0.1) is 5.92 Å². The van der Waals surface area contributed by atoms with Crippen LogP contribution in [0.25, 0.3) is 33.5 Å². The maximum Gasteiger partial charge on any atom is 0.259 e. The molecule has 0 unspecified atom stereocenters. The van der Waals surface area contributed by atoms with E-state index in [2.05, 4.69) is 15.4 Å². The minimum absolute atomic E-state index is 0.00821. The number of hydrogen-bond acceptors (Lipinski definition) is 10. The molecule has 3 aromatic heterocycles. The van der Waals surface area contributed by atoms with Gasteiger partial charge in [0.1, 0.15) is 40.5 Å². The molecule has 15 heteroatoms. The van der Waals surface area contributed by atoms with Crippen molar-refractivity contribution >= 4 is 55.7 Å². The van der Waals surface area contributed by atoms with Gasteiger partial charge in [-0.3, -0.25) is 23.9 Å². The molecule has 14 nitrogen and oxygen atoms in total. The Hall–Kier alpha value is -5.18. The Labute approximate surface area is 305 Å². The van der Waals surface area contributed by atoms with E-state index < -0.39 is 62.6 Å². The number of allylic oxidation sites excluding steroid dienone is 1. The summed E-state index contributed by atoms with van der Waals surface area (Å²) in [5, 5.41) is 5.81. The fourth-order valence-electron chi connectivity index (χ4n) is 7.56. The Morgan fingerprint density at radius 1 is 1.08 bits per heavy atom. The van der Waals surface area contributed by atoms with Crippen molar-refractivity contribution in [3.05, 3.63) is 60.9 Å². The zero-order valence-electron chi connectivity index (χ0n) is 29.2. The van der Waals surface area contributed by atoms with Gasteiger partial charge in [0.25, 0.3) is 5.91 Å². The van der Waals surface area contributed by atoms with Crippen LogP contribution in [0.2, 0.25) is 0 Å². The van der Waals surface area contributed by atoms with Crippen molar-refractivity contribution in [2.45, 2.75) is 93.7 Å². The highest BCUT2D eigenvalue weighted by Crippen LogP contribution is 2.46. The van der Waals surface area contributed by atoms with Gasteiger partial charge in [-0.2, -0.15) is 0 Å². The average molecular weight is 744 g/mol. The molecule has 1 saturated heterocycles. The first-order chi connectivity index (χ1) is 25.5. The monoisotopic (exact) mass is 743 g/mol. The quantitative estimate of drug-likeness (QED) is 0.233. The van der Waals surface area contributed by atoms with Gasteiger partial charge in [0.15, 0.2) is 17.1 Å². The second-order valence-electron chi connectivity index (χ2n) is 14.5. The third kappa shape index (κ3) is 6.89. The number of carbonyl (C=O) groups is 4. The van der Waals surface area contributed by atoms with Crippen LogP contribution in [-0.4, -0.2) is 77.5 Å². The third-order valence-electron chi connectivity index (χ3n) is 10.6. The number of benzene rings is 1. The minimum Gasteiger partial charge on any atom is -0.484 e. The molecular formula is C38H41N5O9S. The van der Waals surface area contributed by atoms with Crippen LogP contribution >= 0.6 is 0 Å². The molecule has 0 radical (unpaired) electrons. The summed E-state index contributed by atoms with van der Waals surface area (Å²) in [4.78, 5) is 60.9. The smallest absolute Gasteiger partial charge is 0.259 e. The van der Waals surface area contributed by atoms with Crippen molar-refractivity contribution in [3.8, 4) is 17.2 Å². The van der Waals surface area contributed by atoms with Crippen molar-refractivity contribution in [3.63, 3.8) is 0 Å². The number of amides is 4. The van der Waals surface area contributed by atoms with E-state index >= 15 is 0 Å². The van der Waals surface area contributed by atoms with Crippen LogP contribution < -0.4 is 20.1 Å². The lowest BCUT2D eigenvalue weighted by molar-refractivity contribution is -0.142. The van der Waals surface area contributed by atoms with Crippen molar-refractivity contribution < 1.29 is 41.2 Å². The summed E-state index contributed by atoms with van der Waals surface area (Å²) in [5.74, 6) is -1.80. The van der Waals surface area contributed by atoms with E-state index in [-0.39, 0.29) is 25.3 Å². The highest BCUT2D eigenvalue weighted by molar-refractivity contribution is 7.91. The van der Waals surface area contributed by atoms with Crippen molar-refractivity contribution in [1.29, 1.82) is 0 Å². The molecule has 3 N–H and O–H groups in total. The largest absolute Gasteiger partial charge is 0.484 e. The summed E-state index contributed by atoms with van der Waals surface area (Å²) in [6, 6.07) is 10.7. The lowest BCUT2D eigenvalue weighted by atomic mass is 10.0. The summed E-state index contributed by atoms with van der Waals surface area (Å²) >= 11 is 0. The molecule has 4 amide bonds. The molecule has 278 valence electrons. The van der Waals surface area contributed by atoms with Gasteiger partial charge in [-0.1, -0.05) is 37.1 Å². The number of sulfonamides is 1. The van der Waals surface area contributed by atoms with E-state index in [1.807, 2.05) is 36.4 Å². The standard InChI is InChI=1S/C38H41N5O9S/c1-22(44)39-27-12-6-4-2-3-5-10-23-20-38(23,37(47)42-53(48,49)25-15-16-25)41-35(45)29-18-24(21-43(29)36(27)46)51-32-19-28(31-14-9-17-50-31)40-33-26-11-7-8-13-30(26)52-34(32)33/h5,7-11,13-14,17,19,23-25,27,29H,2-4,6,12,15-16,18,20-21H2,1H3,(H,39,44)(H,41,45)(H,42,47)/b10-5-/t23-,24-,27+,29+,38-/m1/s1. The predicted octanol–water partition coefficient (Wildman–Crippen LogP) is 4.10. The van der Waals surface area contributed by atoms with E-state index in [1.54, 1.807) is 24.5 Å². The normalized spacial score (nSPS) is 27.2. The van der Waals surface area contributed by atoms with E-state index in [0.717, 1.165) is 18.2 Å². The number of hydrogen-bond donors (Lipinski definition) is 3. The number of pyridine rings is 1. The van der Waals surface area contributed by atoms with Crippen molar-refractivity contribution in [2.24, 2.45) is 5.92 Å². The van der Waals surface area contributed by atoms with E-state index in [9.17, 15) is 27.6 Å². The number of nitrogens with one attached hydrogen (secondary N) is 3. The number of carbonyl (C=O) groups excluding carboxylic acids is 4.